The molecule has 108 valence electrons. The highest BCUT2D eigenvalue weighted by atomic mass is 15.3. The molecule has 0 bridgehead atoms. The maximum absolute atomic E-state index is 4.32. The second kappa shape index (κ2) is 6.06. The summed E-state index contributed by atoms with van der Waals surface area (Å²) in [5, 5.41) is 7.82. The summed E-state index contributed by atoms with van der Waals surface area (Å²) in [6.45, 7) is 7.13. The third-order valence-corrected chi connectivity index (χ3v) is 4.47. The van der Waals surface area contributed by atoms with Gasteiger partial charge in [-0.1, -0.05) is 12.8 Å². The van der Waals surface area contributed by atoms with E-state index < -0.39 is 0 Å². The Morgan fingerprint density at radius 2 is 1.84 bits per heavy atom. The molecule has 4 nitrogen and oxygen atoms in total. The van der Waals surface area contributed by atoms with Gasteiger partial charge in [-0.3, -0.25) is 9.58 Å². The molecule has 1 aliphatic heterocycles. The number of nitrogens with one attached hydrogen (secondary N) is 1. The zero-order chi connectivity index (χ0) is 13.9. The molecular formula is C15H28N4. The number of aromatic nitrogens is 2. The van der Waals surface area contributed by atoms with E-state index in [0.29, 0.717) is 6.04 Å². The largest absolute Gasteiger partial charge is 0.311 e. The summed E-state index contributed by atoms with van der Waals surface area (Å²) in [6, 6.07) is 0.319. The van der Waals surface area contributed by atoms with Gasteiger partial charge in [0.25, 0.3) is 0 Å². The lowest BCUT2D eigenvalue weighted by Gasteiger charge is -2.43. The average Bonchev–Trinajstić information content (AvgIpc) is 2.65. The third-order valence-electron chi connectivity index (χ3n) is 4.47. The highest BCUT2D eigenvalue weighted by Gasteiger charge is 2.36. The van der Waals surface area contributed by atoms with Crippen LogP contribution in [0.25, 0.3) is 0 Å². The van der Waals surface area contributed by atoms with Gasteiger partial charge in [-0.2, -0.15) is 5.10 Å². The van der Waals surface area contributed by atoms with Crippen LogP contribution in [0.5, 0.6) is 0 Å². The molecule has 1 atom stereocenters. The number of likely N-dealkylation sites (N-methyl/N-ethyl adjacent to an activating group) is 1. The minimum atomic E-state index is 0.113. The fourth-order valence-electron chi connectivity index (χ4n) is 3.35. The van der Waals surface area contributed by atoms with Crippen molar-refractivity contribution in [2.24, 2.45) is 7.05 Å². The van der Waals surface area contributed by atoms with Gasteiger partial charge in [0.2, 0.25) is 0 Å². The molecule has 2 rings (SSSR count). The Labute approximate surface area is 117 Å². The minimum Gasteiger partial charge on any atom is -0.311 e. The number of hydrogen-bond acceptors (Lipinski definition) is 3. The maximum atomic E-state index is 4.32. The van der Waals surface area contributed by atoms with E-state index in [1.165, 1.54) is 44.3 Å². The second-order valence-corrected chi connectivity index (χ2v) is 6.22. The molecule has 0 radical (unpaired) electrons. The Bertz CT molecular complexity index is 389. The van der Waals surface area contributed by atoms with Crippen molar-refractivity contribution < 1.29 is 0 Å². The highest BCUT2D eigenvalue weighted by Crippen LogP contribution is 2.32. The zero-order valence-electron chi connectivity index (χ0n) is 12.8. The molecule has 1 aromatic rings. The normalized spacial score (nSPS) is 20.2. The summed E-state index contributed by atoms with van der Waals surface area (Å²) >= 11 is 0. The van der Waals surface area contributed by atoms with E-state index in [2.05, 4.69) is 42.4 Å². The van der Waals surface area contributed by atoms with Crippen LogP contribution in [0.4, 0.5) is 0 Å². The zero-order valence-corrected chi connectivity index (χ0v) is 12.8. The van der Waals surface area contributed by atoms with Crippen LogP contribution >= 0.6 is 0 Å². The van der Waals surface area contributed by atoms with Crippen molar-refractivity contribution in [3.05, 3.63) is 18.0 Å². The van der Waals surface area contributed by atoms with Crippen molar-refractivity contribution in [3.63, 3.8) is 0 Å². The lowest BCUT2D eigenvalue weighted by Crippen LogP contribution is -2.52. The summed E-state index contributed by atoms with van der Waals surface area (Å²) in [5.74, 6) is 0. The fourth-order valence-corrected chi connectivity index (χ4v) is 3.35. The first kappa shape index (κ1) is 14.5. The van der Waals surface area contributed by atoms with Crippen LogP contribution < -0.4 is 5.32 Å². The van der Waals surface area contributed by atoms with Crippen molar-refractivity contribution in [1.29, 1.82) is 0 Å². The number of nitrogens with zero attached hydrogens (tertiary/aromatic N) is 3. The number of likely N-dealkylation sites (tertiary alicyclic amines) is 1. The van der Waals surface area contributed by atoms with Crippen LogP contribution in [-0.2, 0) is 7.05 Å². The quantitative estimate of drug-likeness (QED) is 0.906. The first-order valence-electron chi connectivity index (χ1n) is 7.46. The van der Waals surface area contributed by atoms with Gasteiger partial charge < -0.3 is 5.32 Å². The first-order valence-corrected chi connectivity index (χ1v) is 7.46. The number of aryl methyl sites for hydroxylation is 1. The first-order chi connectivity index (χ1) is 9.05. The topological polar surface area (TPSA) is 33.1 Å². The Balaban J connectivity index is 2.19. The Morgan fingerprint density at radius 3 is 2.32 bits per heavy atom. The van der Waals surface area contributed by atoms with Crippen LogP contribution in [0.3, 0.4) is 0 Å². The van der Waals surface area contributed by atoms with Crippen LogP contribution in [0.2, 0.25) is 0 Å². The molecule has 4 heteroatoms. The molecule has 1 fully saturated rings. The summed E-state index contributed by atoms with van der Waals surface area (Å²) in [7, 11) is 4.03. The van der Waals surface area contributed by atoms with Crippen LogP contribution in [0, 0.1) is 0 Å². The van der Waals surface area contributed by atoms with Crippen molar-refractivity contribution in [3.8, 4) is 0 Å². The maximum Gasteiger partial charge on any atom is 0.0538 e. The van der Waals surface area contributed by atoms with E-state index in [9.17, 15) is 0 Å². The summed E-state index contributed by atoms with van der Waals surface area (Å²) in [4.78, 5) is 2.65. The van der Waals surface area contributed by atoms with Crippen molar-refractivity contribution >= 4 is 0 Å². The van der Waals surface area contributed by atoms with Gasteiger partial charge in [0.15, 0.2) is 0 Å². The summed E-state index contributed by atoms with van der Waals surface area (Å²) in [6.07, 6.45) is 9.52. The van der Waals surface area contributed by atoms with Crippen molar-refractivity contribution in [2.75, 3.05) is 20.1 Å². The van der Waals surface area contributed by atoms with Crippen molar-refractivity contribution in [2.45, 2.75) is 51.1 Å². The monoisotopic (exact) mass is 264 g/mol. The molecule has 0 spiro atoms. The Kier molecular flexibility index (Phi) is 4.63. The molecule has 1 aliphatic rings. The standard InChI is InChI=1S/C15H28N4/c1-15(2,19-9-7-5-6-8-10-19)14(16-3)13-11-17-18(4)12-13/h11-12,14,16H,5-10H2,1-4H3. The lowest BCUT2D eigenvalue weighted by molar-refractivity contribution is 0.0864. The molecule has 1 unspecified atom stereocenters. The number of hydrogen-bond donors (Lipinski definition) is 1. The smallest absolute Gasteiger partial charge is 0.0538 e. The molecule has 0 saturated carbocycles. The predicted octanol–water partition coefficient (Wildman–Crippen LogP) is 2.34. The van der Waals surface area contributed by atoms with E-state index in [0.717, 1.165) is 0 Å². The summed E-state index contributed by atoms with van der Waals surface area (Å²) in [5.41, 5.74) is 1.39. The lowest BCUT2D eigenvalue weighted by atomic mass is 9.88. The van der Waals surface area contributed by atoms with E-state index in [1.54, 1.807) is 0 Å². The Hall–Kier alpha value is -0.870. The molecule has 1 saturated heterocycles. The summed E-state index contributed by atoms with van der Waals surface area (Å²) < 4.78 is 1.89. The van der Waals surface area contributed by atoms with Gasteiger partial charge in [0.05, 0.1) is 12.2 Å². The predicted molar refractivity (Wildman–Crippen MR) is 79.1 cm³/mol. The van der Waals surface area contributed by atoms with E-state index in [-0.39, 0.29) is 5.54 Å². The minimum absolute atomic E-state index is 0.113. The van der Waals surface area contributed by atoms with E-state index in [4.69, 9.17) is 0 Å². The van der Waals surface area contributed by atoms with Crippen LogP contribution in [0.15, 0.2) is 12.4 Å². The van der Waals surface area contributed by atoms with Gasteiger partial charge in [0.1, 0.15) is 0 Å². The third kappa shape index (κ3) is 3.18. The SMILES string of the molecule is CNC(c1cnn(C)c1)C(C)(C)N1CCCCCC1. The average molecular weight is 264 g/mol. The molecule has 0 aliphatic carbocycles. The molecule has 1 N–H and O–H groups in total. The van der Waals surface area contributed by atoms with Crippen LogP contribution in [-0.4, -0.2) is 40.4 Å². The van der Waals surface area contributed by atoms with E-state index >= 15 is 0 Å². The fraction of sp³-hybridized carbons (Fsp3) is 0.800. The van der Waals surface area contributed by atoms with Crippen molar-refractivity contribution in [1.82, 2.24) is 20.0 Å². The van der Waals surface area contributed by atoms with Gasteiger partial charge in [-0.15, -0.1) is 0 Å². The van der Waals surface area contributed by atoms with Gasteiger partial charge in [-0.05, 0) is 46.8 Å². The molecule has 0 amide bonds. The van der Waals surface area contributed by atoms with E-state index in [1.807, 2.05) is 17.9 Å². The second-order valence-electron chi connectivity index (χ2n) is 6.22. The van der Waals surface area contributed by atoms with Crippen LogP contribution in [0.1, 0.15) is 51.1 Å². The molecule has 1 aromatic heterocycles. The number of rotatable bonds is 4. The molecule has 2 heterocycles. The Morgan fingerprint density at radius 1 is 1.21 bits per heavy atom. The van der Waals surface area contributed by atoms with Gasteiger partial charge in [0, 0.05) is 24.3 Å². The molecule has 19 heavy (non-hydrogen) atoms. The van der Waals surface area contributed by atoms with Gasteiger partial charge in [-0.25, -0.2) is 0 Å². The highest BCUT2D eigenvalue weighted by molar-refractivity contribution is 5.16. The molecular weight excluding hydrogens is 236 g/mol. The van der Waals surface area contributed by atoms with Gasteiger partial charge >= 0.3 is 0 Å². The molecule has 0 aromatic carbocycles.